The lowest BCUT2D eigenvalue weighted by molar-refractivity contribution is -0.137. The van der Waals surface area contributed by atoms with Gasteiger partial charge >= 0.3 is 0 Å². The van der Waals surface area contributed by atoms with Crippen molar-refractivity contribution >= 4 is 11.6 Å². The maximum absolute atomic E-state index is 13.0. The van der Waals surface area contributed by atoms with E-state index in [1.807, 2.05) is 18.2 Å². The maximum atomic E-state index is 13.0. The second kappa shape index (κ2) is 9.76. The number of nitrogens with zero attached hydrogens (tertiary/aromatic N) is 2. The number of hydrazone groups is 1. The van der Waals surface area contributed by atoms with Crippen LogP contribution < -0.4 is 9.47 Å². The summed E-state index contributed by atoms with van der Waals surface area (Å²) < 4.78 is 10.8. The van der Waals surface area contributed by atoms with Gasteiger partial charge in [0.15, 0.2) is 11.5 Å². The molecule has 0 N–H and O–H groups in total. The van der Waals surface area contributed by atoms with E-state index in [-0.39, 0.29) is 17.7 Å². The van der Waals surface area contributed by atoms with Crippen LogP contribution in [-0.2, 0) is 4.79 Å². The van der Waals surface area contributed by atoms with E-state index < -0.39 is 0 Å². The molecule has 1 amide bonds. The molecule has 0 saturated carbocycles. The Morgan fingerprint density at radius 1 is 1.00 bits per heavy atom. The Morgan fingerprint density at radius 2 is 1.71 bits per heavy atom. The lowest BCUT2D eigenvalue weighted by Gasteiger charge is -2.37. The second-order valence-electron chi connectivity index (χ2n) is 7.59. The second-order valence-corrected chi connectivity index (χ2v) is 7.59. The number of ether oxygens (including phenoxy) is 2. The number of methoxy groups -OCH3 is 2. The van der Waals surface area contributed by atoms with Gasteiger partial charge in [0.1, 0.15) is 0 Å². The van der Waals surface area contributed by atoms with Crippen molar-refractivity contribution in [1.29, 1.82) is 0 Å². The first-order chi connectivity index (χ1) is 13.7. The molecule has 1 aromatic rings. The normalized spacial score (nSPS) is 21.3. The fraction of sp³-hybridized carbons (Fsp3) is 0.565. The summed E-state index contributed by atoms with van der Waals surface area (Å²) in [5.74, 6) is 1.68. The Morgan fingerprint density at radius 3 is 2.43 bits per heavy atom. The highest BCUT2D eigenvalue weighted by molar-refractivity contribution is 6.07. The number of rotatable bonds is 9. The highest BCUT2D eigenvalue weighted by atomic mass is 16.5. The Kier molecular flexibility index (Phi) is 7.12. The van der Waals surface area contributed by atoms with Crippen LogP contribution in [0.4, 0.5) is 0 Å². The fourth-order valence-electron chi connectivity index (χ4n) is 4.13. The first-order valence-electron chi connectivity index (χ1n) is 10.5. The van der Waals surface area contributed by atoms with E-state index in [1.54, 1.807) is 19.2 Å². The van der Waals surface area contributed by atoms with Gasteiger partial charge in [-0.25, -0.2) is 5.01 Å². The van der Waals surface area contributed by atoms with Crippen LogP contribution in [0.5, 0.6) is 11.5 Å². The van der Waals surface area contributed by atoms with Crippen LogP contribution in [0.1, 0.15) is 57.4 Å². The molecule has 152 valence electrons. The monoisotopic (exact) mass is 384 g/mol. The van der Waals surface area contributed by atoms with Crippen LogP contribution in [0.2, 0.25) is 0 Å². The van der Waals surface area contributed by atoms with Gasteiger partial charge in [0.25, 0.3) is 0 Å². The summed E-state index contributed by atoms with van der Waals surface area (Å²) in [6.45, 7) is 2.91. The van der Waals surface area contributed by atoms with Gasteiger partial charge in [0.2, 0.25) is 5.91 Å². The quantitative estimate of drug-likeness (QED) is 0.454. The Bertz CT molecular complexity index is 741. The summed E-state index contributed by atoms with van der Waals surface area (Å²) in [5.41, 5.74) is 2.00. The summed E-state index contributed by atoms with van der Waals surface area (Å²) in [4.78, 5) is 13.0. The van der Waals surface area contributed by atoms with Gasteiger partial charge in [-0.05, 0) is 37.5 Å². The number of fused-ring (bicyclic) bond motifs is 1. The van der Waals surface area contributed by atoms with Crippen LogP contribution in [0, 0.1) is 11.8 Å². The summed E-state index contributed by atoms with van der Waals surface area (Å²) in [7, 11) is 3.28. The highest BCUT2D eigenvalue weighted by Gasteiger charge is 2.39. The standard InChI is InChI=1S/C23H32N2O3/c1-4-5-6-7-10-15-25-23(26)19-12-9-8-11-18(19)22(24-25)17-13-14-20(27-2)21(16-17)28-3/h8-9,13-14,16,18-19H,4-7,10-12,15H2,1-3H3/t18-,19+/m1/s1. The molecule has 28 heavy (non-hydrogen) atoms. The lowest BCUT2D eigenvalue weighted by atomic mass is 9.76. The van der Waals surface area contributed by atoms with E-state index in [2.05, 4.69) is 19.1 Å². The number of carbonyl (C=O) groups excluding carboxylic acids is 1. The van der Waals surface area contributed by atoms with Gasteiger partial charge in [-0.1, -0.05) is 44.8 Å². The van der Waals surface area contributed by atoms with Crippen LogP contribution >= 0.6 is 0 Å². The molecule has 1 aromatic carbocycles. The van der Waals surface area contributed by atoms with E-state index >= 15 is 0 Å². The summed E-state index contributed by atoms with van der Waals surface area (Å²) in [5, 5.41) is 6.56. The van der Waals surface area contributed by atoms with Crippen LogP contribution in [0.3, 0.4) is 0 Å². The van der Waals surface area contributed by atoms with E-state index in [9.17, 15) is 4.79 Å². The molecule has 3 rings (SSSR count). The predicted octanol–water partition coefficient (Wildman–Crippen LogP) is 4.80. The summed E-state index contributed by atoms with van der Waals surface area (Å²) in [6.07, 6.45) is 11.8. The van der Waals surface area contributed by atoms with E-state index in [0.717, 1.165) is 37.0 Å². The van der Waals surface area contributed by atoms with Gasteiger partial charge in [-0.2, -0.15) is 5.10 Å². The first kappa shape index (κ1) is 20.4. The van der Waals surface area contributed by atoms with Crippen molar-refractivity contribution in [3.8, 4) is 11.5 Å². The average molecular weight is 385 g/mol. The molecule has 0 saturated heterocycles. The highest BCUT2D eigenvalue weighted by Crippen LogP contribution is 2.37. The van der Waals surface area contributed by atoms with E-state index in [0.29, 0.717) is 18.0 Å². The minimum Gasteiger partial charge on any atom is -0.493 e. The summed E-state index contributed by atoms with van der Waals surface area (Å²) >= 11 is 0. The molecule has 0 fully saturated rings. The Balaban J connectivity index is 1.86. The molecule has 5 heteroatoms. The number of amides is 1. The third kappa shape index (κ3) is 4.40. The molecule has 1 aliphatic heterocycles. The third-order valence-electron chi connectivity index (χ3n) is 5.74. The molecule has 0 unspecified atom stereocenters. The zero-order valence-electron chi connectivity index (χ0n) is 17.3. The zero-order valence-corrected chi connectivity index (χ0v) is 17.3. The van der Waals surface area contributed by atoms with Crippen molar-refractivity contribution in [3.63, 3.8) is 0 Å². The van der Waals surface area contributed by atoms with Crippen molar-refractivity contribution in [2.45, 2.75) is 51.9 Å². The van der Waals surface area contributed by atoms with Crippen molar-refractivity contribution in [1.82, 2.24) is 5.01 Å². The smallest absolute Gasteiger partial charge is 0.246 e. The SMILES string of the molecule is CCCCCCCN1N=C(c2ccc(OC)c(OC)c2)[C@@H]2CC=CC[C@@H]2C1=O. The molecule has 1 aliphatic carbocycles. The number of hydrogen-bond donors (Lipinski definition) is 0. The van der Waals surface area contributed by atoms with E-state index in [1.165, 1.54) is 19.3 Å². The average Bonchev–Trinajstić information content (AvgIpc) is 2.74. The Hall–Kier alpha value is -2.30. The molecule has 1 heterocycles. The number of allylic oxidation sites excluding steroid dienone is 2. The van der Waals surface area contributed by atoms with Crippen LogP contribution in [0.15, 0.2) is 35.5 Å². The Labute approximate surface area is 168 Å². The molecule has 0 bridgehead atoms. The van der Waals surface area contributed by atoms with Gasteiger partial charge in [0.05, 0.1) is 25.8 Å². The van der Waals surface area contributed by atoms with Crippen molar-refractivity contribution < 1.29 is 14.3 Å². The number of hydrogen-bond acceptors (Lipinski definition) is 4. The van der Waals surface area contributed by atoms with E-state index in [4.69, 9.17) is 14.6 Å². The molecular weight excluding hydrogens is 352 g/mol. The lowest BCUT2D eigenvalue weighted by Crippen LogP contribution is -2.45. The predicted molar refractivity (Wildman–Crippen MR) is 112 cm³/mol. The first-order valence-corrected chi connectivity index (χ1v) is 10.5. The molecule has 0 spiro atoms. The van der Waals surface area contributed by atoms with Gasteiger partial charge in [-0.15, -0.1) is 0 Å². The number of unbranched alkanes of at least 4 members (excludes halogenated alkanes) is 4. The minimum absolute atomic E-state index is 0.0127. The van der Waals surface area contributed by atoms with Crippen molar-refractivity contribution in [2.24, 2.45) is 16.9 Å². The number of benzene rings is 1. The van der Waals surface area contributed by atoms with Gasteiger partial charge < -0.3 is 9.47 Å². The molecule has 2 atom stereocenters. The third-order valence-corrected chi connectivity index (χ3v) is 5.74. The molecule has 5 nitrogen and oxygen atoms in total. The molecule has 2 aliphatic rings. The van der Waals surface area contributed by atoms with Crippen LogP contribution in [0.25, 0.3) is 0 Å². The van der Waals surface area contributed by atoms with Gasteiger partial charge in [0, 0.05) is 18.0 Å². The molecule has 0 radical (unpaired) electrons. The van der Waals surface area contributed by atoms with Crippen molar-refractivity contribution in [2.75, 3.05) is 20.8 Å². The van der Waals surface area contributed by atoms with Gasteiger partial charge in [-0.3, -0.25) is 4.79 Å². The topological polar surface area (TPSA) is 51.1 Å². The zero-order chi connectivity index (χ0) is 19.9. The van der Waals surface area contributed by atoms with Crippen molar-refractivity contribution in [3.05, 3.63) is 35.9 Å². The largest absolute Gasteiger partial charge is 0.493 e. The fourth-order valence-corrected chi connectivity index (χ4v) is 4.13. The van der Waals surface area contributed by atoms with Crippen LogP contribution in [-0.4, -0.2) is 37.4 Å². The maximum Gasteiger partial charge on any atom is 0.246 e. The minimum atomic E-state index is -0.0127. The molecular formula is C23H32N2O3. The molecule has 0 aromatic heterocycles. The summed E-state index contributed by atoms with van der Waals surface area (Å²) in [6, 6.07) is 5.91. The number of carbonyl (C=O) groups is 1.